The molecule has 2 aromatic carbocycles. The molecule has 188 valence electrons. The van der Waals surface area contributed by atoms with E-state index in [2.05, 4.69) is 34.9 Å². The lowest BCUT2D eigenvalue weighted by atomic mass is 9.98. The molecule has 0 unspecified atom stereocenters. The van der Waals surface area contributed by atoms with E-state index < -0.39 is 12.1 Å². The molecule has 0 spiro atoms. The molecule has 0 heterocycles. The van der Waals surface area contributed by atoms with E-state index in [0.717, 1.165) is 36.8 Å². The molecule has 1 atom stereocenters. The van der Waals surface area contributed by atoms with Crippen LogP contribution in [-0.4, -0.2) is 42.3 Å². The number of carboxylic acids is 1. The van der Waals surface area contributed by atoms with Crippen LogP contribution in [0.4, 0.5) is 4.79 Å². The molecule has 0 radical (unpaired) electrons. The Morgan fingerprint density at radius 1 is 0.914 bits per heavy atom. The fraction of sp³-hybridized carbons (Fsp3) is 0.464. The van der Waals surface area contributed by atoms with Gasteiger partial charge in [-0.1, -0.05) is 74.7 Å². The standard InChI is InChI=1S/C28H36N2O5/c1-2-20(18-26(31)29-17-11-5-3-4-6-16-27(32)33)30-28(34)35-19-25-23-14-9-7-12-21(23)22-13-8-10-15-24(22)25/h7-10,12-15,20,25H,2-6,11,16-19H2,1H3,(H,29,31)(H,30,34)(H,32,33)/t20-/m0/s1. The van der Waals surface area contributed by atoms with Gasteiger partial charge in [0.1, 0.15) is 6.61 Å². The van der Waals surface area contributed by atoms with Crippen LogP contribution < -0.4 is 10.6 Å². The minimum Gasteiger partial charge on any atom is -0.481 e. The van der Waals surface area contributed by atoms with Gasteiger partial charge in [-0.2, -0.15) is 0 Å². The molecular weight excluding hydrogens is 444 g/mol. The summed E-state index contributed by atoms with van der Waals surface area (Å²) in [6, 6.07) is 16.1. The van der Waals surface area contributed by atoms with Crippen LogP contribution in [0.5, 0.6) is 0 Å². The molecule has 7 heteroatoms. The molecule has 0 fully saturated rings. The Morgan fingerprint density at radius 3 is 2.14 bits per heavy atom. The summed E-state index contributed by atoms with van der Waals surface area (Å²) in [5.74, 6) is -0.850. The third-order valence-corrected chi connectivity index (χ3v) is 6.48. The average molecular weight is 481 g/mol. The summed E-state index contributed by atoms with van der Waals surface area (Å²) < 4.78 is 5.60. The summed E-state index contributed by atoms with van der Waals surface area (Å²) in [7, 11) is 0. The number of ether oxygens (including phenoxy) is 1. The maximum atomic E-state index is 12.5. The zero-order chi connectivity index (χ0) is 25.0. The second kappa shape index (κ2) is 13.5. The van der Waals surface area contributed by atoms with Crippen molar-refractivity contribution < 1.29 is 24.2 Å². The zero-order valence-electron chi connectivity index (χ0n) is 20.4. The highest BCUT2D eigenvalue weighted by Gasteiger charge is 2.29. The molecule has 2 amide bonds. The molecule has 0 saturated heterocycles. The van der Waals surface area contributed by atoms with E-state index in [1.165, 1.54) is 11.1 Å². The van der Waals surface area contributed by atoms with Crippen molar-refractivity contribution >= 4 is 18.0 Å². The lowest BCUT2D eigenvalue weighted by Gasteiger charge is -2.19. The third-order valence-electron chi connectivity index (χ3n) is 6.48. The molecular formula is C28H36N2O5. The van der Waals surface area contributed by atoms with Gasteiger partial charge in [0.05, 0.1) is 0 Å². The van der Waals surface area contributed by atoms with Crippen LogP contribution in [0.25, 0.3) is 11.1 Å². The van der Waals surface area contributed by atoms with Crippen LogP contribution in [0.2, 0.25) is 0 Å². The number of carboxylic acid groups (broad SMARTS) is 1. The molecule has 0 aliphatic heterocycles. The number of benzene rings is 2. The van der Waals surface area contributed by atoms with Crippen LogP contribution >= 0.6 is 0 Å². The SMILES string of the molecule is CC[C@@H](CC(=O)NCCCCCCCC(=O)O)NC(=O)OCC1c2ccccc2-c2ccccc21. The highest BCUT2D eigenvalue weighted by molar-refractivity contribution is 5.79. The molecule has 7 nitrogen and oxygen atoms in total. The Labute approximate surface area is 207 Å². The molecule has 3 rings (SSSR count). The van der Waals surface area contributed by atoms with Gasteiger partial charge in [-0.05, 0) is 41.5 Å². The van der Waals surface area contributed by atoms with Gasteiger partial charge in [0.2, 0.25) is 5.91 Å². The molecule has 1 aliphatic carbocycles. The van der Waals surface area contributed by atoms with E-state index in [1.807, 2.05) is 31.2 Å². The fourth-order valence-corrected chi connectivity index (χ4v) is 4.56. The van der Waals surface area contributed by atoms with Crippen LogP contribution in [0.15, 0.2) is 48.5 Å². The number of unbranched alkanes of at least 4 members (excludes halogenated alkanes) is 4. The third kappa shape index (κ3) is 7.84. The maximum Gasteiger partial charge on any atom is 0.407 e. The fourth-order valence-electron chi connectivity index (χ4n) is 4.56. The molecule has 0 saturated carbocycles. The van der Waals surface area contributed by atoms with Crippen LogP contribution in [-0.2, 0) is 14.3 Å². The van der Waals surface area contributed by atoms with E-state index in [4.69, 9.17) is 9.84 Å². The summed E-state index contributed by atoms with van der Waals surface area (Å²) in [6.07, 6.45) is 4.90. The summed E-state index contributed by atoms with van der Waals surface area (Å²) in [6.45, 7) is 2.76. The van der Waals surface area contributed by atoms with Crippen molar-refractivity contribution in [2.45, 2.75) is 70.3 Å². The van der Waals surface area contributed by atoms with Crippen molar-refractivity contribution in [2.75, 3.05) is 13.2 Å². The Balaban J connectivity index is 1.37. The highest BCUT2D eigenvalue weighted by Crippen LogP contribution is 2.44. The number of hydrogen-bond acceptors (Lipinski definition) is 4. The van der Waals surface area contributed by atoms with Gasteiger partial charge in [-0.15, -0.1) is 0 Å². The quantitative estimate of drug-likeness (QED) is 0.321. The summed E-state index contributed by atoms with van der Waals surface area (Å²) in [5.41, 5.74) is 4.69. The number of carbonyl (C=O) groups excluding carboxylic acids is 2. The first-order chi connectivity index (χ1) is 17.0. The topological polar surface area (TPSA) is 105 Å². The Kier molecular flexibility index (Phi) is 10.1. The van der Waals surface area contributed by atoms with Crippen LogP contribution in [0.1, 0.15) is 75.3 Å². The molecule has 0 bridgehead atoms. The van der Waals surface area contributed by atoms with E-state index in [1.54, 1.807) is 0 Å². The number of aliphatic carboxylic acids is 1. The lowest BCUT2D eigenvalue weighted by Crippen LogP contribution is -2.39. The number of amides is 2. The molecule has 0 aromatic heterocycles. The number of nitrogens with one attached hydrogen (secondary N) is 2. The van der Waals surface area contributed by atoms with Gasteiger partial charge in [0, 0.05) is 31.3 Å². The summed E-state index contributed by atoms with van der Waals surface area (Å²) >= 11 is 0. The second-order valence-corrected chi connectivity index (χ2v) is 9.04. The highest BCUT2D eigenvalue weighted by atomic mass is 16.5. The number of alkyl carbamates (subject to hydrolysis) is 1. The second-order valence-electron chi connectivity index (χ2n) is 9.04. The largest absolute Gasteiger partial charge is 0.481 e. The Hall–Kier alpha value is -3.35. The van der Waals surface area contributed by atoms with Crippen molar-refractivity contribution in [1.29, 1.82) is 0 Å². The predicted octanol–water partition coefficient (Wildman–Crippen LogP) is 5.24. The van der Waals surface area contributed by atoms with Crippen LogP contribution in [0.3, 0.4) is 0 Å². The smallest absolute Gasteiger partial charge is 0.407 e. The number of hydrogen-bond donors (Lipinski definition) is 3. The molecule has 2 aromatic rings. The van der Waals surface area contributed by atoms with Crippen molar-refractivity contribution in [3.8, 4) is 11.1 Å². The summed E-state index contributed by atoms with van der Waals surface area (Å²) in [4.78, 5) is 35.3. The van der Waals surface area contributed by atoms with Gasteiger partial charge in [-0.25, -0.2) is 4.79 Å². The van der Waals surface area contributed by atoms with Gasteiger partial charge < -0.3 is 20.5 Å². The van der Waals surface area contributed by atoms with E-state index >= 15 is 0 Å². The minimum absolute atomic E-state index is 0.000604. The first-order valence-corrected chi connectivity index (χ1v) is 12.6. The van der Waals surface area contributed by atoms with E-state index in [-0.39, 0.29) is 37.3 Å². The first kappa shape index (κ1) is 26.3. The Bertz CT molecular complexity index is 961. The van der Waals surface area contributed by atoms with Gasteiger partial charge in [0.15, 0.2) is 0 Å². The van der Waals surface area contributed by atoms with Crippen molar-refractivity contribution in [3.63, 3.8) is 0 Å². The molecule has 35 heavy (non-hydrogen) atoms. The first-order valence-electron chi connectivity index (χ1n) is 12.6. The van der Waals surface area contributed by atoms with Gasteiger partial charge >= 0.3 is 12.1 Å². The lowest BCUT2D eigenvalue weighted by molar-refractivity contribution is -0.137. The van der Waals surface area contributed by atoms with E-state index in [9.17, 15) is 14.4 Å². The number of fused-ring (bicyclic) bond motifs is 3. The minimum atomic E-state index is -0.755. The average Bonchev–Trinajstić information content (AvgIpc) is 3.17. The monoisotopic (exact) mass is 480 g/mol. The van der Waals surface area contributed by atoms with Crippen molar-refractivity contribution in [2.24, 2.45) is 0 Å². The normalized spacial score (nSPS) is 12.9. The van der Waals surface area contributed by atoms with Crippen LogP contribution in [0, 0.1) is 0 Å². The van der Waals surface area contributed by atoms with Crippen molar-refractivity contribution in [1.82, 2.24) is 10.6 Å². The van der Waals surface area contributed by atoms with E-state index in [0.29, 0.717) is 19.4 Å². The Morgan fingerprint density at radius 2 is 1.51 bits per heavy atom. The molecule has 1 aliphatic rings. The summed E-state index contributed by atoms with van der Waals surface area (Å²) in [5, 5.41) is 14.4. The van der Waals surface area contributed by atoms with Crippen molar-refractivity contribution in [3.05, 3.63) is 59.7 Å². The van der Waals surface area contributed by atoms with Gasteiger partial charge in [0.25, 0.3) is 0 Å². The molecule has 3 N–H and O–H groups in total. The van der Waals surface area contributed by atoms with Gasteiger partial charge in [-0.3, -0.25) is 9.59 Å². The number of rotatable bonds is 14. The predicted molar refractivity (Wildman–Crippen MR) is 135 cm³/mol. The number of carbonyl (C=O) groups is 3. The zero-order valence-corrected chi connectivity index (χ0v) is 20.4. The maximum absolute atomic E-state index is 12.5.